The van der Waals surface area contributed by atoms with Gasteiger partial charge in [-0.2, -0.15) is 0 Å². The molecule has 0 aromatic heterocycles. The molecule has 0 spiro atoms. The number of nitrogens with one attached hydrogen (secondary N) is 1. The van der Waals surface area contributed by atoms with Gasteiger partial charge >= 0.3 is 0 Å². The van der Waals surface area contributed by atoms with Crippen LogP contribution in [0.15, 0.2) is 18.2 Å². The Kier molecular flexibility index (Phi) is 4.43. The highest BCUT2D eigenvalue weighted by atomic mass is 19.2. The van der Waals surface area contributed by atoms with Crippen molar-refractivity contribution in [1.29, 1.82) is 0 Å². The highest BCUT2D eigenvalue weighted by Gasteiger charge is 2.28. The van der Waals surface area contributed by atoms with Gasteiger partial charge in [0.15, 0.2) is 11.6 Å². The van der Waals surface area contributed by atoms with Gasteiger partial charge in [0.05, 0.1) is 5.69 Å². The lowest BCUT2D eigenvalue weighted by molar-refractivity contribution is 0.267. The summed E-state index contributed by atoms with van der Waals surface area (Å²) >= 11 is 0. The molecule has 0 amide bonds. The third-order valence-electron chi connectivity index (χ3n) is 4.85. The molecule has 1 aromatic rings. The Morgan fingerprint density at radius 1 is 1.24 bits per heavy atom. The van der Waals surface area contributed by atoms with E-state index in [-0.39, 0.29) is 0 Å². The molecule has 4 heteroatoms. The Morgan fingerprint density at radius 2 is 2.05 bits per heavy atom. The molecule has 2 fully saturated rings. The molecule has 3 rings (SSSR count). The average molecular weight is 294 g/mol. The van der Waals surface area contributed by atoms with Crippen molar-refractivity contribution in [3.8, 4) is 0 Å². The van der Waals surface area contributed by atoms with Gasteiger partial charge in [0.1, 0.15) is 0 Å². The zero-order valence-corrected chi connectivity index (χ0v) is 12.6. The molecule has 0 bridgehead atoms. The van der Waals surface area contributed by atoms with Crippen LogP contribution in [0.3, 0.4) is 0 Å². The second-order valence-electron chi connectivity index (χ2n) is 6.72. The van der Waals surface area contributed by atoms with Crippen LogP contribution >= 0.6 is 0 Å². The fourth-order valence-electron chi connectivity index (χ4n) is 3.46. The van der Waals surface area contributed by atoms with Gasteiger partial charge in [-0.05, 0) is 49.8 Å². The molecular weight excluding hydrogens is 270 g/mol. The van der Waals surface area contributed by atoms with Gasteiger partial charge < -0.3 is 10.2 Å². The first-order valence-corrected chi connectivity index (χ1v) is 8.06. The van der Waals surface area contributed by atoms with Crippen molar-refractivity contribution >= 4 is 5.69 Å². The van der Waals surface area contributed by atoms with E-state index in [1.807, 2.05) is 4.90 Å². The standard InChI is InChI=1S/C17H24F2N2/c1-12-8-14(20-9-13-4-2-5-13)11-21(10-12)16-7-3-6-15(18)17(16)19/h3,6-7,12-14,20H,2,4-5,8-11H2,1H3. The molecule has 116 valence electrons. The fourth-order valence-corrected chi connectivity index (χ4v) is 3.46. The number of anilines is 1. The molecule has 2 aliphatic rings. The SMILES string of the molecule is CC1CC(NCC2CCC2)CN(c2cccc(F)c2F)C1. The quantitative estimate of drug-likeness (QED) is 0.913. The summed E-state index contributed by atoms with van der Waals surface area (Å²) in [5, 5.41) is 3.63. The number of hydrogen-bond donors (Lipinski definition) is 1. The van der Waals surface area contributed by atoms with E-state index in [4.69, 9.17) is 0 Å². The molecule has 2 atom stereocenters. The summed E-state index contributed by atoms with van der Waals surface area (Å²) in [5.74, 6) is -0.170. The predicted octanol–water partition coefficient (Wildman–Crippen LogP) is 3.57. The van der Waals surface area contributed by atoms with E-state index in [2.05, 4.69) is 12.2 Å². The molecule has 1 saturated carbocycles. The van der Waals surface area contributed by atoms with E-state index >= 15 is 0 Å². The van der Waals surface area contributed by atoms with Crippen molar-refractivity contribution in [2.75, 3.05) is 24.5 Å². The Balaban J connectivity index is 1.65. The van der Waals surface area contributed by atoms with Crippen molar-refractivity contribution in [3.63, 3.8) is 0 Å². The zero-order valence-electron chi connectivity index (χ0n) is 12.6. The molecule has 1 N–H and O–H groups in total. The van der Waals surface area contributed by atoms with Gasteiger partial charge in [0.25, 0.3) is 0 Å². The number of rotatable bonds is 4. The van der Waals surface area contributed by atoms with E-state index in [1.165, 1.54) is 25.3 Å². The average Bonchev–Trinajstić information content (AvgIpc) is 2.39. The highest BCUT2D eigenvalue weighted by Crippen LogP contribution is 2.28. The number of piperidine rings is 1. The summed E-state index contributed by atoms with van der Waals surface area (Å²) in [4.78, 5) is 1.99. The molecule has 1 saturated heterocycles. The van der Waals surface area contributed by atoms with Gasteiger partial charge in [-0.15, -0.1) is 0 Å². The van der Waals surface area contributed by atoms with Crippen LogP contribution in [-0.2, 0) is 0 Å². The first-order valence-electron chi connectivity index (χ1n) is 8.06. The number of benzene rings is 1. The largest absolute Gasteiger partial charge is 0.367 e. The number of halogens is 2. The Hall–Kier alpha value is -1.16. The lowest BCUT2D eigenvalue weighted by atomic mass is 9.85. The van der Waals surface area contributed by atoms with E-state index in [0.29, 0.717) is 17.6 Å². The third-order valence-corrected chi connectivity index (χ3v) is 4.85. The Labute approximate surface area is 125 Å². The van der Waals surface area contributed by atoms with Gasteiger partial charge in [-0.3, -0.25) is 0 Å². The summed E-state index contributed by atoms with van der Waals surface area (Å²) in [7, 11) is 0. The summed E-state index contributed by atoms with van der Waals surface area (Å²) in [5.41, 5.74) is 0.400. The first kappa shape index (κ1) is 14.8. The molecule has 2 unspecified atom stereocenters. The molecule has 2 nitrogen and oxygen atoms in total. The highest BCUT2D eigenvalue weighted by molar-refractivity contribution is 5.48. The monoisotopic (exact) mass is 294 g/mol. The summed E-state index contributed by atoms with van der Waals surface area (Å²) in [6, 6.07) is 4.82. The summed E-state index contributed by atoms with van der Waals surface area (Å²) in [6.45, 7) is 4.80. The van der Waals surface area contributed by atoms with Crippen molar-refractivity contribution in [3.05, 3.63) is 29.8 Å². The summed E-state index contributed by atoms with van der Waals surface area (Å²) in [6.07, 6.45) is 5.13. The summed E-state index contributed by atoms with van der Waals surface area (Å²) < 4.78 is 27.4. The van der Waals surface area contributed by atoms with Crippen LogP contribution in [0.2, 0.25) is 0 Å². The maximum absolute atomic E-state index is 14.0. The second kappa shape index (κ2) is 6.30. The van der Waals surface area contributed by atoms with E-state index < -0.39 is 11.6 Å². The normalized spacial score (nSPS) is 26.7. The zero-order chi connectivity index (χ0) is 14.8. The molecule has 1 aliphatic heterocycles. The third kappa shape index (κ3) is 3.37. The van der Waals surface area contributed by atoms with Crippen LogP contribution in [0.4, 0.5) is 14.5 Å². The van der Waals surface area contributed by atoms with Crippen LogP contribution in [0.5, 0.6) is 0 Å². The maximum atomic E-state index is 14.0. The maximum Gasteiger partial charge on any atom is 0.182 e. The molecular formula is C17H24F2N2. The van der Waals surface area contributed by atoms with Crippen molar-refractivity contribution in [1.82, 2.24) is 5.32 Å². The lowest BCUT2D eigenvalue weighted by Crippen LogP contribution is -2.50. The molecule has 0 radical (unpaired) electrons. The van der Waals surface area contributed by atoms with Gasteiger partial charge in [0, 0.05) is 19.1 Å². The van der Waals surface area contributed by atoms with Crippen LogP contribution < -0.4 is 10.2 Å². The van der Waals surface area contributed by atoms with E-state index in [9.17, 15) is 8.78 Å². The fraction of sp³-hybridized carbons (Fsp3) is 0.647. The van der Waals surface area contributed by atoms with Crippen LogP contribution in [0, 0.1) is 23.5 Å². The van der Waals surface area contributed by atoms with Crippen LogP contribution in [0.25, 0.3) is 0 Å². The molecule has 1 heterocycles. The topological polar surface area (TPSA) is 15.3 Å². The smallest absolute Gasteiger partial charge is 0.182 e. The molecule has 1 aliphatic carbocycles. The van der Waals surface area contributed by atoms with Crippen molar-refractivity contribution in [2.24, 2.45) is 11.8 Å². The molecule has 1 aromatic carbocycles. The second-order valence-corrected chi connectivity index (χ2v) is 6.72. The van der Waals surface area contributed by atoms with Gasteiger partial charge in [-0.1, -0.05) is 19.4 Å². The van der Waals surface area contributed by atoms with Crippen molar-refractivity contribution < 1.29 is 8.78 Å². The van der Waals surface area contributed by atoms with Crippen molar-refractivity contribution in [2.45, 2.75) is 38.6 Å². The Bertz CT molecular complexity index is 488. The Morgan fingerprint density at radius 3 is 2.76 bits per heavy atom. The minimum atomic E-state index is -0.760. The number of hydrogen-bond acceptors (Lipinski definition) is 2. The predicted molar refractivity (Wildman–Crippen MR) is 81.5 cm³/mol. The van der Waals surface area contributed by atoms with Gasteiger partial charge in [-0.25, -0.2) is 8.78 Å². The van der Waals surface area contributed by atoms with Gasteiger partial charge in [0.2, 0.25) is 0 Å². The first-order chi connectivity index (χ1) is 10.1. The molecule has 21 heavy (non-hydrogen) atoms. The van der Waals surface area contributed by atoms with Crippen LogP contribution in [0.1, 0.15) is 32.6 Å². The minimum Gasteiger partial charge on any atom is -0.367 e. The lowest BCUT2D eigenvalue weighted by Gasteiger charge is -2.39. The van der Waals surface area contributed by atoms with E-state index in [0.717, 1.165) is 32.0 Å². The number of nitrogens with zero attached hydrogens (tertiary/aromatic N) is 1. The van der Waals surface area contributed by atoms with Crippen LogP contribution in [-0.4, -0.2) is 25.7 Å². The van der Waals surface area contributed by atoms with E-state index in [1.54, 1.807) is 12.1 Å². The minimum absolute atomic E-state index is 0.372.